The van der Waals surface area contributed by atoms with E-state index in [0.29, 0.717) is 0 Å². The van der Waals surface area contributed by atoms with Gasteiger partial charge < -0.3 is 14.5 Å². The molecule has 6 heteroatoms. The average molecular weight is 464 g/mol. The summed E-state index contributed by atoms with van der Waals surface area (Å²) in [6, 6.07) is 21.0. The molecule has 0 bridgehead atoms. The molecule has 1 unspecified atom stereocenters. The molecule has 1 N–H and O–H groups in total. The van der Waals surface area contributed by atoms with Gasteiger partial charge in [0.25, 0.3) is 0 Å². The van der Waals surface area contributed by atoms with Gasteiger partial charge in [-0.2, -0.15) is 0 Å². The minimum Gasteiger partial charge on any atom is -0.375 e. The molecule has 32 heavy (non-hydrogen) atoms. The minimum absolute atomic E-state index is 0.128. The second kappa shape index (κ2) is 9.67. The summed E-state index contributed by atoms with van der Waals surface area (Å²) in [5, 5.41) is 4.16. The van der Waals surface area contributed by atoms with Crippen LogP contribution in [0.5, 0.6) is 0 Å². The van der Waals surface area contributed by atoms with Crippen molar-refractivity contribution in [1.29, 1.82) is 0 Å². The van der Waals surface area contributed by atoms with Crippen LogP contribution in [0, 0.1) is 6.92 Å². The van der Waals surface area contributed by atoms with Gasteiger partial charge in [-0.15, -0.1) is 11.8 Å². The molecule has 1 atom stereocenters. The first kappa shape index (κ1) is 21.5. The van der Waals surface area contributed by atoms with E-state index in [2.05, 4.69) is 77.4 Å². The van der Waals surface area contributed by atoms with Gasteiger partial charge in [-0.3, -0.25) is 0 Å². The first-order chi connectivity index (χ1) is 15.7. The van der Waals surface area contributed by atoms with Crippen molar-refractivity contribution in [1.82, 2.24) is 14.7 Å². The summed E-state index contributed by atoms with van der Waals surface area (Å²) < 4.78 is 8.17. The number of rotatable bonds is 6. The number of nitrogens with zero attached hydrogens (tertiary/aromatic N) is 2. The third-order valence-electron chi connectivity index (χ3n) is 5.75. The molecule has 164 valence electrons. The number of aromatic nitrogens is 2. The number of ether oxygens (including phenoxy) is 1. The smallest absolute Gasteiger partial charge is 0.137 e. The highest BCUT2D eigenvalue weighted by Crippen LogP contribution is 2.35. The predicted octanol–water partition coefficient (Wildman–Crippen LogP) is 5.79. The molecular weight excluding hydrogens is 438 g/mol. The number of hydrogen-bond donors (Lipinski definition) is 1. The number of pyridine rings is 1. The van der Waals surface area contributed by atoms with Crippen LogP contribution >= 0.6 is 23.4 Å². The number of imidazole rings is 1. The number of halogens is 1. The lowest BCUT2D eigenvalue weighted by Crippen LogP contribution is -2.39. The highest BCUT2D eigenvalue weighted by atomic mass is 35.5. The van der Waals surface area contributed by atoms with Crippen LogP contribution in [0.15, 0.2) is 71.8 Å². The third-order valence-corrected chi connectivity index (χ3v) is 7.13. The van der Waals surface area contributed by atoms with Crippen LogP contribution in [0.3, 0.4) is 0 Å². The van der Waals surface area contributed by atoms with Crippen LogP contribution in [0.2, 0.25) is 5.02 Å². The lowest BCUT2D eigenvalue weighted by molar-refractivity contribution is 0.0286. The quantitative estimate of drug-likeness (QED) is 0.367. The molecule has 4 nitrogen and oxygen atoms in total. The Kier molecular flexibility index (Phi) is 6.51. The topological polar surface area (TPSA) is 38.6 Å². The van der Waals surface area contributed by atoms with Gasteiger partial charge in [0.1, 0.15) is 5.65 Å². The SMILES string of the molecule is Cc1ccn2c(CC3CNCCO3)c(-c3ccc(SCc4ccccc4)cc3Cl)nc2c1. The minimum atomic E-state index is 0.128. The van der Waals surface area contributed by atoms with Gasteiger partial charge in [0.15, 0.2) is 0 Å². The van der Waals surface area contributed by atoms with Crippen molar-refractivity contribution >= 4 is 29.0 Å². The van der Waals surface area contributed by atoms with Gasteiger partial charge in [-0.05, 0) is 42.3 Å². The first-order valence-corrected chi connectivity index (χ1v) is 12.3. The van der Waals surface area contributed by atoms with E-state index in [1.807, 2.05) is 6.07 Å². The number of aryl methyl sites for hydroxylation is 1. The van der Waals surface area contributed by atoms with Crippen molar-refractivity contribution in [2.45, 2.75) is 30.1 Å². The fraction of sp³-hybridized carbons (Fsp3) is 0.269. The normalized spacial score (nSPS) is 16.5. The van der Waals surface area contributed by atoms with Crippen LogP contribution in [0.25, 0.3) is 16.9 Å². The summed E-state index contributed by atoms with van der Waals surface area (Å²) in [7, 11) is 0. The Hall–Kier alpha value is -2.31. The maximum atomic E-state index is 6.81. The summed E-state index contributed by atoms with van der Waals surface area (Å²) in [5.41, 5.74) is 6.48. The zero-order valence-corrected chi connectivity index (χ0v) is 19.6. The maximum absolute atomic E-state index is 6.81. The van der Waals surface area contributed by atoms with Crippen molar-refractivity contribution in [3.8, 4) is 11.3 Å². The number of benzene rings is 2. The summed E-state index contributed by atoms with van der Waals surface area (Å²) in [6.45, 7) is 4.59. The first-order valence-electron chi connectivity index (χ1n) is 10.9. The van der Waals surface area contributed by atoms with E-state index >= 15 is 0 Å². The van der Waals surface area contributed by atoms with Crippen LogP contribution < -0.4 is 5.32 Å². The van der Waals surface area contributed by atoms with Crippen molar-refractivity contribution in [2.24, 2.45) is 0 Å². The Morgan fingerprint density at radius 3 is 2.81 bits per heavy atom. The molecule has 1 saturated heterocycles. The largest absolute Gasteiger partial charge is 0.375 e. The number of morpholine rings is 1. The van der Waals surface area contributed by atoms with Gasteiger partial charge in [-0.25, -0.2) is 4.98 Å². The van der Waals surface area contributed by atoms with Crippen LogP contribution in [-0.2, 0) is 16.9 Å². The Labute approximate surface area is 198 Å². The Bertz CT molecular complexity index is 1220. The molecule has 2 aromatic carbocycles. The van der Waals surface area contributed by atoms with Crippen LogP contribution in [0.1, 0.15) is 16.8 Å². The Balaban J connectivity index is 1.46. The molecular formula is C26H26ClN3OS. The van der Waals surface area contributed by atoms with Gasteiger partial charge in [0.05, 0.1) is 29.1 Å². The van der Waals surface area contributed by atoms with E-state index in [4.69, 9.17) is 21.3 Å². The van der Waals surface area contributed by atoms with E-state index < -0.39 is 0 Å². The van der Waals surface area contributed by atoms with Crippen LogP contribution in [0.4, 0.5) is 0 Å². The van der Waals surface area contributed by atoms with Gasteiger partial charge in [0, 0.05) is 41.9 Å². The molecule has 0 radical (unpaired) electrons. The number of fused-ring (bicyclic) bond motifs is 1. The molecule has 3 heterocycles. The molecule has 0 saturated carbocycles. The summed E-state index contributed by atoms with van der Waals surface area (Å²) in [5.74, 6) is 0.918. The Morgan fingerprint density at radius 2 is 2.03 bits per heavy atom. The molecule has 1 aliphatic rings. The molecule has 1 aliphatic heterocycles. The van der Waals surface area contributed by atoms with E-state index in [-0.39, 0.29) is 6.10 Å². The van der Waals surface area contributed by atoms with Crippen LogP contribution in [-0.4, -0.2) is 35.2 Å². The molecule has 1 fully saturated rings. The lowest BCUT2D eigenvalue weighted by Gasteiger charge is -2.24. The fourth-order valence-corrected chi connectivity index (χ4v) is 5.32. The van der Waals surface area contributed by atoms with Crippen molar-refractivity contribution in [3.63, 3.8) is 0 Å². The molecule has 5 rings (SSSR count). The summed E-state index contributed by atoms with van der Waals surface area (Å²) in [4.78, 5) is 6.15. The van der Waals surface area contributed by atoms with E-state index in [9.17, 15) is 0 Å². The monoisotopic (exact) mass is 463 g/mol. The fourth-order valence-electron chi connectivity index (χ4n) is 4.09. The third kappa shape index (κ3) is 4.71. The van der Waals surface area contributed by atoms with Crippen molar-refractivity contribution < 1.29 is 4.74 Å². The standard InChI is InChI=1S/C26H26ClN3OS/c1-18-9-11-30-24(14-20-16-28-10-12-31-20)26(29-25(30)13-18)22-8-7-21(15-23(22)27)32-17-19-5-3-2-4-6-19/h2-9,11,13,15,20,28H,10,12,14,16-17H2,1H3. The number of hydrogen-bond acceptors (Lipinski definition) is 4. The summed E-state index contributed by atoms with van der Waals surface area (Å²) in [6.07, 6.45) is 3.01. The van der Waals surface area contributed by atoms with E-state index in [1.54, 1.807) is 11.8 Å². The molecule has 0 amide bonds. The van der Waals surface area contributed by atoms with Gasteiger partial charge in [0.2, 0.25) is 0 Å². The highest BCUT2D eigenvalue weighted by Gasteiger charge is 2.22. The maximum Gasteiger partial charge on any atom is 0.137 e. The van der Waals surface area contributed by atoms with E-state index in [0.717, 1.165) is 64.4 Å². The van der Waals surface area contributed by atoms with E-state index in [1.165, 1.54) is 11.1 Å². The second-order valence-electron chi connectivity index (χ2n) is 8.16. The zero-order valence-electron chi connectivity index (χ0n) is 18.1. The Morgan fingerprint density at radius 1 is 1.16 bits per heavy atom. The van der Waals surface area contributed by atoms with Gasteiger partial charge in [-0.1, -0.05) is 48.0 Å². The van der Waals surface area contributed by atoms with Crippen molar-refractivity contribution in [3.05, 3.63) is 88.7 Å². The molecule has 2 aromatic heterocycles. The van der Waals surface area contributed by atoms with Crippen molar-refractivity contribution in [2.75, 3.05) is 19.7 Å². The lowest BCUT2D eigenvalue weighted by atomic mass is 10.1. The predicted molar refractivity (Wildman–Crippen MR) is 133 cm³/mol. The second-order valence-corrected chi connectivity index (χ2v) is 9.61. The molecule has 0 aliphatic carbocycles. The highest BCUT2D eigenvalue weighted by molar-refractivity contribution is 7.98. The number of thioether (sulfide) groups is 1. The molecule has 4 aromatic rings. The summed E-state index contributed by atoms with van der Waals surface area (Å²) >= 11 is 8.61. The number of nitrogens with one attached hydrogen (secondary N) is 1. The van der Waals surface area contributed by atoms with Gasteiger partial charge >= 0.3 is 0 Å². The average Bonchev–Trinajstić information content (AvgIpc) is 3.16. The zero-order chi connectivity index (χ0) is 21.9. The molecule has 0 spiro atoms.